The van der Waals surface area contributed by atoms with Crippen LogP contribution in [0.4, 0.5) is 15.8 Å². The maximum Gasteiger partial charge on any atom is 0.270 e. The highest BCUT2D eigenvalue weighted by Crippen LogP contribution is 2.36. The SMILES string of the molecule is CCc1ccc(NC(=O)COc2ccc(/C=C3\SC(=S)N(c4ccc(F)cc4)C3=O)cc2)cc1. The fourth-order valence-electron chi connectivity index (χ4n) is 3.26. The molecule has 0 aromatic heterocycles. The molecule has 4 rings (SSSR count). The molecule has 1 N–H and O–H groups in total. The van der Waals surface area contributed by atoms with E-state index in [9.17, 15) is 14.0 Å². The number of aryl methyl sites for hydroxylation is 1. The van der Waals surface area contributed by atoms with E-state index in [4.69, 9.17) is 17.0 Å². The zero-order valence-corrected chi connectivity index (χ0v) is 19.9. The molecule has 0 saturated carbocycles. The zero-order valence-electron chi connectivity index (χ0n) is 18.3. The van der Waals surface area contributed by atoms with Gasteiger partial charge in [-0.2, -0.15) is 0 Å². The summed E-state index contributed by atoms with van der Waals surface area (Å²) in [5, 5.41) is 2.80. The lowest BCUT2D eigenvalue weighted by Crippen LogP contribution is -2.27. The lowest BCUT2D eigenvalue weighted by Gasteiger charge is -2.14. The van der Waals surface area contributed by atoms with Gasteiger partial charge in [0, 0.05) is 5.69 Å². The third kappa shape index (κ3) is 5.70. The molecule has 2 amide bonds. The maximum absolute atomic E-state index is 13.2. The number of carbonyl (C=O) groups excluding carboxylic acids is 2. The highest BCUT2D eigenvalue weighted by Gasteiger charge is 2.33. The molecule has 0 radical (unpaired) electrons. The Morgan fingerprint density at radius 2 is 1.74 bits per heavy atom. The summed E-state index contributed by atoms with van der Waals surface area (Å²) < 4.78 is 19.2. The van der Waals surface area contributed by atoms with Gasteiger partial charge in [-0.05, 0) is 72.2 Å². The smallest absolute Gasteiger partial charge is 0.270 e. The van der Waals surface area contributed by atoms with Gasteiger partial charge in [0.05, 0.1) is 10.6 Å². The number of nitrogens with one attached hydrogen (secondary N) is 1. The van der Waals surface area contributed by atoms with Gasteiger partial charge in [0.15, 0.2) is 10.9 Å². The van der Waals surface area contributed by atoms with E-state index in [0.717, 1.165) is 17.7 Å². The van der Waals surface area contributed by atoms with Crippen LogP contribution >= 0.6 is 24.0 Å². The van der Waals surface area contributed by atoms with E-state index in [-0.39, 0.29) is 24.2 Å². The van der Waals surface area contributed by atoms with Gasteiger partial charge in [0.1, 0.15) is 11.6 Å². The number of anilines is 2. The number of rotatable bonds is 7. The van der Waals surface area contributed by atoms with E-state index in [1.807, 2.05) is 24.3 Å². The number of halogens is 1. The number of amides is 2. The zero-order chi connectivity index (χ0) is 24.1. The predicted octanol–water partition coefficient (Wildman–Crippen LogP) is 5.81. The molecule has 1 saturated heterocycles. The number of ether oxygens (including phenoxy) is 1. The van der Waals surface area contributed by atoms with Gasteiger partial charge in [0.25, 0.3) is 11.8 Å². The van der Waals surface area contributed by atoms with Crippen LogP contribution in [0.5, 0.6) is 5.75 Å². The van der Waals surface area contributed by atoms with Crippen molar-refractivity contribution in [3.63, 3.8) is 0 Å². The molecule has 1 heterocycles. The molecule has 0 unspecified atom stereocenters. The van der Waals surface area contributed by atoms with Crippen LogP contribution in [0.15, 0.2) is 77.7 Å². The molecule has 0 aliphatic carbocycles. The number of hydrogen-bond donors (Lipinski definition) is 1. The molecule has 172 valence electrons. The molecule has 8 heteroatoms. The summed E-state index contributed by atoms with van der Waals surface area (Å²) in [6.45, 7) is 1.95. The van der Waals surface area contributed by atoms with Gasteiger partial charge < -0.3 is 10.1 Å². The topological polar surface area (TPSA) is 58.6 Å². The predicted molar refractivity (Wildman–Crippen MR) is 138 cm³/mol. The van der Waals surface area contributed by atoms with Crippen molar-refractivity contribution in [2.75, 3.05) is 16.8 Å². The van der Waals surface area contributed by atoms with Crippen LogP contribution in [0.3, 0.4) is 0 Å². The summed E-state index contributed by atoms with van der Waals surface area (Å²) in [6, 6.07) is 20.3. The number of hydrogen-bond acceptors (Lipinski definition) is 5. The second-order valence-corrected chi connectivity index (χ2v) is 9.13. The van der Waals surface area contributed by atoms with Gasteiger partial charge in [-0.1, -0.05) is 55.2 Å². The summed E-state index contributed by atoms with van der Waals surface area (Å²) in [4.78, 5) is 26.8. The third-order valence-electron chi connectivity index (χ3n) is 5.07. The average Bonchev–Trinajstić information content (AvgIpc) is 3.12. The molecule has 1 fully saturated rings. The second-order valence-electron chi connectivity index (χ2n) is 7.45. The maximum atomic E-state index is 13.2. The van der Waals surface area contributed by atoms with Crippen LogP contribution in [-0.4, -0.2) is 22.7 Å². The van der Waals surface area contributed by atoms with E-state index in [1.165, 1.54) is 46.5 Å². The fraction of sp³-hybridized carbons (Fsp3) is 0.115. The first-order chi connectivity index (χ1) is 16.4. The molecule has 5 nitrogen and oxygen atoms in total. The summed E-state index contributed by atoms with van der Waals surface area (Å²) in [6.07, 6.45) is 2.68. The van der Waals surface area contributed by atoms with Crippen molar-refractivity contribution in [3.8, 4) is 5.75 Å². The van der Waals surface area contributed by atoms with Crippen LogP contribution in [0.25, 0.3) is 6.08 Å². The molecular formula is C26H21FN2O3S2. The standard InChI is InChI=1S/C26H21FN2O3S2/c1-2-17-3-9-20(10-4-17)28-24(30)16-32-22-13-5-18(6-14-22)15-23-25(31)29(26(33)34-23)21-11-7-19(27)8-12-21/h3-15H,2,16H2,1H3,(H,28,30)/b23-15-. The Morgan fingerprint density at radius 1 is 1.06 bits per heavy atom. The van der Waals surface area contributed by atoms with Gasteiger partial charge in [-0.25, -0.2) is 4.39 Å². The molecule has 0 spiro atoms. The van der Waals surface area contributed by atoms with Crippen LogP contribution in [0, 0.1) is 5.82 Å². The number of carbonyl (C=O) groups is 2. The number of nitrogens with zero attached hydrogens (tertiary/aromatic N) is 1. The molecule has 1 aliphatic heterocycles. The number of thioether (sulfide) groups is 1. The second kappa shape index (κ2) is 10.6. The third-order valence-corrected chi connectivity index (χ3v) is 6.37. The minimum absolute atomic E-state index is 0.120. The van der Waals surface area contributed by atoms with Gasteiger partial charge in [-0.15, -0.1) is 0 Å². The number of thiocarbonyl (C=S) groups is 1. The van der Waals surface area contributed by atoms with E-state index in [2.05, 4.69) is 12.2 Å². The summed E-state index contributed by atoms with van der Waals surface area (Å²) in [5.74, 6) is -0.356. The molecule has 1 aliphatic rings. The van der Waals surface area contributed by atoms with Crippen LogP contribution in [-0.2, 0) is 16.0 Å². The largest absolute Gasteiger partial charge is 0.484 e. The van der Waals surface area contributed by atoms with Crippen molar-refractivity contribution in [2.24, 2.45) is 0 Å². The highest BCUT2D eigenvalue weighted by atomic mass is 32.2. The summed E-state index contributed by atoms with van der Waals surface area (Å²) in [7, 11) is 0. The Balaban J connectivity index is 1.35. The minimum atomic E-state index is -0.379. The van der Waals surface area contributed by atoms with Crippen molar-refractivity contribution in [2.45, 2.75) is 13.3 Å². The summed E-state index contributed by atoms with van der Waals surface area (Å²) in [5.41, 5.74) is 3.23. The monoisotopic (exact) mass is 492 g/mol. The number of benzene rings is 3. The van der Waals surface area contributed by atoms with E-state index < -0.39 is 0 Å². The molecule has 34 heavy (non-hydrogen) atoms. The van der Waals surface area contributed by atoms with Crippen molar-refractivity contribution in [1.29, 1.82) is 0 Å². The molecule has 3 aromatic rings. The highest BCUT2D eigenvalue weighted by molar-refractivity contribution is 8.27. The van der Waals surface area contributed by atoms with Crippen molar-refractivity contribution < 1.29 is 18.7 Å². The quantitative estimate of drug-likeness (QED) is 0.333. The Kier molecular flexibility index (Phi) is 7.40. The minimum Gasteiger partial charge on any atom is -0.484 e. The lowest BCUT2D eigenvalue weighted by atomic mass is 10.1. The van der Waals surface area contributed by atoms with E-state index in [0.29, 0.717) is 20.7 Å². The fourth-order valence-corrected chi connectivity index (χ4v) is 4.56. The van der Waals surface area contributed by atoms with Crippen LogP contribution in [0.2, 0.25) is 0 Å². The molecule has 0 bridgehead atoms. The van der Waals surface area contributed by atoms with Crippen molar-refractivity contribution in [1.82, 2.24) is 0 Å². The Labute approximate surface area is 206 Å². The Bertz CT molecular complexity index is 1240. The average molecular weight is 493 g/mol. The normalized spacial score (nSPS) is 14.5. The van der Waals surface area contributed by atoms with E-state index >= 15 is 0 Å². The van der Waals surface area contributed by atoms with Gasteiger partial charge in [0.2, 0.25) is 0 Å². The van der Waals surface area contributed by atoms with E-state index in [1.54, 1.807) is 30.3 Å². The van der Waals surface area contributed by atoms with Crippen molar-refractivity contribution >= 4 is 57.6 Å². The molecular weight excluding hydrogens is 471 g/mol. The first-order valence-electron chi connectivity index (χ1n) is 10.6. The lowest BCUT2D eigenvalue weighted by molar-refractivity contribution is -0.118. The van der Waals surface area contributed by atoms with Crippen molar-refractivity contribution in [3.05, 3.63) is 94.6 Å². The van der Waals surface area contributed by atoms with Crippen LogP contribution in [0.1, 0.15) is 18.1 Å². The first kappa shape index (κ1) is 23.7. The van der Waals surface area contributed by atoms with Crippen LogP contribution < -0.4 is 15.0 Å². The first-order valence-corrected chi connectivity index (χ1v) is 11.8. The Hall–Kier alpha value is -3.49. The Morgan fingerprint density at radius 3 is 2.38 bits per heavy atom. The molecule has 3 aromatic carbocycles. The van der Waals surface area contributed by atoms with Gasteiger partial charge >= 0.3 is 0 Å². The molecule has 0 atom stereocenters. The summed E-state index contributed by atoms with van der Waals surface area (Å²) >= 11 is 6.53. The van der Waals surface area contributed by atoms with Gasteiger partial charge in [-0.3, -0.25) is 14.5 Å².